The van der Waals surface area contributed by atoms with Gasteiger partial charge in [-0.3, -0.25) is 24.0 Å². The molecule has 1 aromatic rings. The van der Waals surface area contributed by atoms with Gasteiger partial charge in [-0.1, -0.05) is 30.3 Å². The molecule has 0 spiro atoms. The normalized spacial score (nSPS) is 10.9. The van der Waals surface area contributed by atoms with Crippen LogP contribution >= 0.6 is 0 Å². The highest BCUT2D eigenvalue weighted by molar-refractivity contribution is 5.91. The summed E-state index contributed by atoms with van der Waals surface area (Å²) in [4.78, 5) is 57.4. The Morgan fingerprint density at radius 1 is 1.00 bits per heavy atom. The van der Waals surface area contributed by atoms with Crippen molar-refractivity contribution in [1.82, 2.24) is 26.6 Å². The van der Waals surface area contributed by atoms with E-state index in [9.17, 15) is 24.0 Å². The fourth-order valence-electron chi connectivity index (χ4n) is 2.14. The van der Waals surface area contributed by atoms with E-state index < -0.39 is 23.8 Å². The Morgan fingerprint density at radius 3 is 2.38 bits per heavy atom. The lowest BCUT2D eigenvalue weighted by Crippen LogP contribution is -2.51. The van der Waals surface area contributed by atoms with E-state index in [0.29, 0.717) is 6.41 Å². The second kappa shape index (κ2) is 13.7. The molecule has 0 radical (unpaired) electrons. The molecule has 5 N–H and O–H groups in total. The Morgan fingerprint density at radius 2 is 1.72 bits per heavy atom. The van der Waals surface area contributed by atoms with Crippen LogP contribution in [0.3, 0.4) is 0 Å². The van der Waals surface area contributed by atoms with Gasteiger partial charge in [-0.15, -0.1) is 0 Å². The maximum Gasteiger partial charge on any atom is 0.245 e. The first-order valence-electron chi connectivity index (χ1n) is 8.79. The fourth-order valence-corrected chi connectivity index (χ4v) is 2.14. The van der Waals surface area contributed by atoms with Gasteiger partial charge in [-0.05, 0) is 5.56 Å². The average molecular weight is 407 g/mol. The van der Waals surface area contributed by atoms with Crippen molar-refractivity contribution in [1.29, 1.82) is 0 Å². The number of hydrogen-bond acceptors (Lipinski definition) is 6. The molecular weight excluding hydrogens is 382 g/mol. The zero-order valence-electron chi connectivity index (χ0n) is 16.0. The number of carbonyl (C=O) groups excluding carboxylic acids is 5. The van der Waals surface area contributed by atoms with Gasteiger partial charge in [0.15, 0.2) is 0 Å². The van der Waals surface area contributed by atoms with Crippen molar-refractivity contribution >= 4 is 30.0 Å². The third-order valence-electron chi connectivity index (χ3n) is 3.59. The monoisotopic (exact) mass is 407 g/mol. The number of hydrogen-bond donors (Lipinski definition) is 5. The van der Waals surface area contributed by atoms with Crippen molar-refractivity contribution in [2.45, 2.75) is 12.5 Å². The summed E-state index contributed by atoms with van der Waals surface area (Å²) in [6.45, 7) is -1.01. The lowest BCUT2D eigenvalue weighted by atomic mass is 10.1. The van der Waals surface area contributed by atoms with E-state index in [2.05, 4.69) is 26.6 Å². The maximum atomic E-state index is 12.4. The molecule has 1 aromatic carbocycles. The van der Waals surface area contributed by atoms with Crippen LogP contribution in [0.5, 0.6) is 0 Å². The van der Waals surface area contributed by atoms with Crippen molar-refractivity contribution in [3.05, 3.63) is 35.9 Å². The molecule has 0 aliphatic heterocycles. The molecule has 0 saturated carbocycles. The van der Waals surface area contributed by atoms with Gasteiger partial charge in [0.1, 0.15) is 19.4 Å². The molecule has 0 fully saturated rings. The predicted octanol–water partition coefficient (Wildman–Crippen LogP) is -2.59. The zero-order chi connectivity index (χ0) is 21.5. The highest BCUT2D eigenvalue weighted by Crippen LogP contribution is 2.03. The van der Waals surface area contributed by atoms with Gasteiger partial charge in [0.25, 0.3) is 0 Å². The largest absolute Gasteiger partial charge is 0.357 e. The highest BCUT2D eigenvalue weighted by atomic mass is 16.5. The van der Waals surface area contributed by atoms with E-state index in [1.54, 1.807) is 24.3 Å². The van der Waals surface area contributed by atoms with Crippen LogP contribution in [0.1, 0.15) is 5.56 Å². The van der Waals surface area contributed by atoms with Crippen LogP contribution in [-0.4, -0.2) is 69.6 Å². The van der Waals surface area contributed by atoms with Crippen LogP contribution in [0.15, 0.2) is 30.3 Å². The summed E-state index contributed by atoms with van der Waals surface area (Å²) in [6, 6.07) is 8.08. The van der Waals surface area contributed by atoms with Gasteiger partial charge in [0, 0.05) is 13.5 Å². The SMILES string of the molecule is CNC(=O)COCNC(=O)CNC(=O)C(Cc1ccccc1)NC(=O)CNC=O. The van der Waals surface area contributed by atoms with Crippen LogP contribution in [-0.2, 0) is 35.1 Å². The number of rotatable bonds is 13. The first-order valence-corrected chi connectivity index (χ1v) is 8.79. The lowest BCUT2D eigenvalue weighted by Gasteiger charge is -2.18. The smallest absolute Gasteiger partial charge is 0.245 e. The minimum Gasteiger partial charge on any atom is -0.357 e. The summed E-state index contributed by atoms with van der Waals surface area (Å²) in [7, 11) is 1.46. The quantitative estimate of drug-likeness (QED) is 0.137. The number of ether oxygens (including phenoxy) is 1. The highest BCUT2D eigenvalue weighted by Gasteiger charge is 2.21. The minimum atomic E-state index is -0.935. The van der Waals surface area contributed by atoms with E-state index in [4.69, 9.17) is 4.74 Å². The van der Waals surface area contributed by atoms with Gasteiger partial charge in [-0.25, -0.2) is 0 Å². The third-order valence-corrected chi connectivity index (χ3v) is 3.59. The molecule has 11 nitrogen and oxygen atoms in total. The predicted molar refractivity (Wildman–Crippen MR) is 102 cm³/mol. The topological polar surface area (TPSA) is 155 Å². The van der Waals surface area contributed by atoms with Gasteiger partial charge in [0.05, 0.1) is 13.1 Å². The van der Waals surface area contributed by atoms with Crippen molar-refractivity contribution in [3.8, 4) is 0 Å². The Labute approximate surface area is 167 Å². The molecule has 0 saturated heterocycles. The molecule has 29 heavy (non-hydrogen) atoms. The first-order chi connectivity index (χ1) is 14.0. The molecule has 0 aliphatic carbocycles. The zero-order valence-corrected chi connectivity index (χ0v) is 16.0. The van der Waals surface area contributed by atoms with Crippen LogP contribution in [0.2, 0.25) is 0 Å². The summed E-state index contributed by atoms with van der Waals surface area (Å²) in [5, 5.41) is 11.9. The van der Waals surface area contributed by atoms with Gasteiger partial charge in [0.2, 0.25) is 30.0 Å². The number of amides is 5. The molecule has 1 atom stereocenters. The number of benzene rings is 1. The molecule has 0 bridgehead atoms. The maximum absolute atomic E-state index is 12.4. The molecule has 5 amide bonds. The number of likely N-dealkylation sites (N-methyl/N-ethyl adjacent to an activating group) is 1. The van der Waals surface area contributed by atoms with E-state index in [0.717, 1.165) is 5.56 Å². The van der Waals surface area contributed by atoms with E-state index >= 15 is 0 Å². The van der Waals surface area contributed by atoms with Crippen molar-refractivity contribution < 1.29 is 28.7 Å². The van der Waals surface area contributed by atoms with Crippen LogP contribution in [0.25, 0.3) is 0 Å². The fraction of sp³-hybridized carbons (Fsp3) is 0.389. The summed E-state index contributed by atoms with van der Waals surface area (Å²) >= 11 is 0. The van der Waals surface area contributed by atoms with Crippen molar-refractivity contribution in [2.24, 2.45) is 0 Å². The van der Waals surface area contributed by atoms with Crippen LogP contribution < -0.4 is 26.6 Å². The molecule has 11 heteroatoms. The van der Waals surface area contributed by atoms with Crippen molar-refractivity contribution in [2.75, 3.05) is 33.5 Å². The second-order valence-corrected chi connectivity index (χ2v) is 5.79. The van der Waals surface area contributed by atoms with Crippen LogP contribution in [0.4, 0.5) is 0 Å². The second-order valence-electron chi connectivity index (χ2n) is 5.79. The first kappa shape index (κ1) is 23.6. The Hall–Kier alpha value is -3.47. The van der Waals surface area contributed by atoms with Gasteiger partial charge in [-0.2, -0.15) is 0 Å². The van der Waals surface area contributed by atoms with E-state index in [1.165, 1.54) is 7.05 Å². The Balaban J connectivity index is 2.52. The summed E-state index contributed by atoms with van der Waals surface area (Å²) in [6.07, 6.45) is 0.582. The number of nitrogens with one attached hydrogen (secondary N) is 5. The molecule has 1 unspecified atom stereocenters. The van der Waals surface area contributed by atoms with E-state index in [1.807, 2.05) is 6.07 Å². The third kappa shape index (κ3) is 10.4. The minimum absolute atomic E-state index is 0.191. The van der Waals surface area contributed by atoms with Crippen LogP contribution in [0, 0.1) is 0 Å². The number of carbonyl (C=O) groups is 5. The van der Waals surface area contributed by atoms with Crippen molar-refractivity contribution in [3.63, 3.8) is 0 Å². The van der Waals surface area contributed by atoms with Gasteiger partial charge < -0.3 is 31.3 Å². The average Bonchev–Trinajstić information content (AvgIpc) is 2.73. The Bertz CT molecular complexity index is 697. The summed E-state index contributed by atoms with van der Waals surface area (Å²) in [5.41, 5.74) is 0.809. The van der Waals surface area contributed by atoms with Gasteiger partial charge >= 0.3 is 0 Å². The standard InChI is InChI=1S/C18H25N5O6/c1-19-17(27)10-29-12-22-15(25)9-21-18(28)14(23-16(26)8-20-11-24)7-13-5-3-2-4-6-13/h2-6,11,14H,7-10,12H2,1H3,(H,19,27)(H,20,24)(H,21,28)(H,22,25)(H,23,26). The Kier molecular flexibility index (Phi) is 11.1. The molecule has 0 heterocycles. The molecule has 158 valence electrons. The summed E-state index contributed by atoms with van der Waals surface area (Å²) < 4.78 is 4.93. The lowest BCUT2D eigenvalue weighted by molar-refractivity contribution is -0.131. The molecule has 0 aromatic heterocycles. The molecule has 0 aliphatic rings. The van der Waals surface area contributed by atoms with E-state index in [-0.39, 0.29) is 38.8 Å². The summed E-state index contributed by atoms with van der Waals surface area (Å²) in [5.74, 6) is -1.96. The molecule has 1 rings (SSSR count). The molecular formula is C18H25N5O6.